The van der Waals surface area contributed by atoms with E-state index in [1.807, 2.05) is 25.1 Å². The van der Waals surface area contributed by atoms with E-state index < -0.39 is 6.10 Å². The highest BCUT2D eigenvalue weighted by Gasteiger charge is 2.14. The van der Waals surface area contributed by atoms with Gasteiger partial charge in [0.2, 0.25) is 0 Å². The summed E-state index contributed by atoms with van der Waals surface area (Å²) in [6, 6.07) is 14.5. The van der Waals surface area contributed by atoms with Gasteiger partial charge in [-0.25, -0.2) is 0 Å². The molecule has 0 bridgehead atoms. The third-order valence-electron chi connectivity index (χ3n) is 3.89. The molecule has 1 heterocycles. The predicted molar refractivity (Wildman–Crippen MR) is 88.0 cm³/mol. The van der Waals surface area contributed by atoms with Gasteiger partial charge in [0.25, 0.3) is 0 Å². The van der Waals surface area contributed by atoms with E-state index in [4.69, 9.17) is 9.15 Å². The molecule has 0 fully saturated rings. The van der Waals surface area contributed by atoms with Gasteiger partial charge in [-0.3, -0.25) is 0 Å². The van der Waals surface area contributed by atoms with Crippen molar-refractivity contribution in [2.75, 3.05) is 20.3 Å². The first kappa shape index (κ1) is 15.0. The monoisotopic (exact) mass is 299 g/mol. The number of ether oxygens (including phenoxy) is 1. The van der Waals surface area contributed by atoms with Crippen LogP contribution in [0.2, 0.25) is 0 Å². The second-order valence-corrected chi connectivity index (χ2v) is 5.59. The van der Waals surface area contributed by atoms with Crippen molar-refractivity contribution in [2.45, 2.75) is 19.1 Å². The Hall–Kier alpha value is -1.88. The van der Waals surface area contributed by atoms with Crippen LogP contribution in [0.5, 0.6) is 0 Å². The maximum Gasteiger partial charge on any atom is 0.135 e. The molecule has 1 aromatic heterocycles. The first-order chi connectivity index (χ1) is 10.7. The van der Waals surface area contributed by atoms with Crippen molar-refractivity contribution in [1.29, 1.82) is 0 Å². The number of hydrogen-bond donors (Lipinski definition) is 2. The molecule has 0 spiro atoms. The Morgan fingerprint density at radius 2 is 2.00 bits per heavy atom. The summed E-state index contributed by atoms with van der Waals surface area (Å²) in [6.45, 7) is 2.82. The summed E-state index contributed by atoms with van der Waals surface area (Å²) in [5.41, 5.74) is 0.889. The molecule has 3 rings (SSSR count). The first-order valence-electron chi connectivity index (χ1n) is 7.50. The lowest BCUT2D eigenvalue weighted by Gasteiger charge is -2.14. The molecule has 0 saturated heterocycles. The zero-order chi connectivity index (χ0) is 15.5. The maximum atomic E-state index is 9.71. The van der Waals surface area contributed by atoms with E-state index in [9.17, 15) is 5.11 Å². The van der Waals surface area contributed by atoms with Crippen molar-refractivity contribution in [3.05, 3.63) is 48.2 Å². The van der Waals surface area contributed by atoms with E-state index in [0.29, 0.717) is 13.2 Å². The molecule has 0 aliphatic carbocycles. The number of benzene rings is 2. The summed E-state index contributed by atoms with van der Waals surface area (Å²) in [5.74, 6) is 0.871. The molecule has 3 aromatic rings. The molecule has 2 unspecified atom stereocenters. The molecule has 0 amide bonds. The van der Waals surface area contributed by atoms with Crippen LogP contribution >= 0.6 is 0 Å². The minimum Gasteiger partial charge on any atom is -0.459 e. The quantitative estimate of drug-likeness (QED) is 0.733. The van der Waals surface area contributed by atoms with E-state index in [1.165, 1.54) is 10.8 Å². The summed E-state index contributed by atoms with van der Waals surface area (Å²) in [6.07, 6.45) is -0.516. The second-order valence-electron chi connectivity index (χ2n) is 5.59. The van der Waals surface area contributed by atoms with Gasteiger partial charge in [0, 0.05) is 19.0 Å². The average Bonchev–Trinajstić information content (AvgIpc) is 2.97. The van der Waals surface area contributed by atoms with Crippen molar-refractivity contribution in [3.63, 3.8) is 0 Å². The smallest absolute Gasteiger partial charge is 0.135 e. The Morgan fingerprint density at radius 1 is 1.18 bits per heavy atom. The molecule has 22 heavy (non-hydrogen) atoms. The molecular weight excluding hydrogens is 278 g/mol. The number of rotatable bonds is 6. The number of hydrogen-bond acceptors (Lipinski definition) is 4. The minimum atomic E-state index is -0.516. The van der Waals surface area contributed by atoms with Crippen molar-refractivity contribution in [3.8, 4) is 0 Å². The highest BCUT2D eigenvalue weighted by Crippen LogP contribution is 2.30. The zero-order valence-corrected chi connectivity index (χ0v) is 12.9. The van der Waals surface area contributed by atoms with Crippen molar-refractivity contribution in [2.24, 2.45) is 0 Å². The molecule has 0 aliphatic rings. The van der Waals surface area contributed by atoms with Gasteiger partial charge in [-0.1, -0.05) is 30.3 Å². The van der Waals surface area contributed by atoms with Gasteiger partial charge >= 0.3 is 0 Å². The van der Waals surface area contributed by atoms with Crippen LogP contribution in [0.15, 0.2) is 46.9 Å². The van der Waals surface area contributed by atoms with E-state index in [-0.39, 0.29) is 6.04 Å². The zero-order valence-electron chi connectivity index (χ0n) is 12.9. The van der Waals surface area contributed by atoms with Crippen LogP contribution in [0, 0.1) is 0 Å². The number of methoxy groups -OCH3 is 1. The van der Waals surface area contributed by atoms with Crippen LogP contribution in [0.25, 0.3) is 21.7 Å². The summed E-state index contributed by atoms with van der Waals surface area (Å²) in [7, 11) is 1.58. The summed E-state index contributed by atoms with van der Waals surface area (Å²) >= 11 is 0. The fourth-order valence-electron chi connectivity index (χ4n) is 2.69. The number of aliphatic hydroxyl groups excluding tert-OH is 1. The Bertz CT molecular complexity index is 765. The average molecular weight is 299 g/mol. The van der Waals surface area contributed by atoms with Crippen LogP contribution in [0.3, 0.4) is 0 Å². The summed E-state index contributed by atoms with van der Waals surface area (Å²) in [5, 5.41) is 16.5. The number of nitrogens with one attached hydrogen (secondary N) is 1. The Labute approximate surface area is 129 Å². The molecule has 2 atom stereocenters. The molecule has 116 valence electrons. The standard InChI is InChI=1S/C18H21NO3/c1-12(19-10-14(20)11-21-2)18-9-16-15-6-4-3-5-13(15)7-8-17(16)22-18/h3-9,12,14,19-20H,10-11H2,1-2H3. The molecule has 4 nitrogen and oxygen atoms in total. The Morgan fingerprint density at radius 3 is 2.82 bits per heavy atom. The highest BCUT2D eigenvalue weighted by molar-refractivity contribution is 6.05. The lowest BCUT2D eigenvalue weighted by Crippen LogP contribution is -2.31. The topological polar surface area (TPSA) is 54.6 Å². The number of fused-ring (bicyclic) bond motifs is 3. The largest absolute Gasteiger partial charge is 0.459 e. The third-order valence-corrected chi connectivity index (χ3v) is 3.89. The van der Waals surface area contributed by atoms with Crippen molar-refractivity contribution >= 4 is 21.7 Å². The van der Waals surface area contributed by atoms with Crippen molar-refractivity contribution in [1.82, 2.24) is 5.32 Å². The molecule has 0 aliphatic heterocycles. The third kappa shape index (κ3) is 2.99. The summed E-state index contributed by atoms with van der Waals surface area (Å²) in [4.78, 5) is 0. The van der Waals surface area contributed by atoms with Gasteiger partial charge in [0.1, 0.15) is 11.3 Å². The Balaban J connectivity index is 1.84. The van der Waals surface area contributed by atoms with Crippen LogP contribution < -0.4 is 5.32 Å². The van der Waals surface area contributed by atoms with E-state index in [1.54, 1.807) is 7.11 Å². The first-order valence-corrected chi connectivity index (χ1v) is 7.50. The van der Waals surface area contributed by atoms with Crippen molar-refractivity contribution < 1.29 is 14.3 Å². The number of furan rings is 1. The molecular formula is C18H21NO3. The fraction of sp³-hybridized carbons (Fsp3) is 0.333. The molecule has 2 N–H and O–H groups in total. The molecule has 0 radical (unpaired) electrons. The highest BCUT2D eigenvalue weighted by atomic mass is 16.5. The lowest BCUT2D eigenvalue weighted by molar-refractivity contribution is 0.0626. The van der Waals surface area contributed by atoms with Gasteiger partial charge in [-0.2, -0.15) is 0 Å². The van der Waals surface area contributed by atoms with Crippen LogP contribution in [-0.2, 0) is 4.74 Å². The van der Waals surface area contributed by atoms with E-state index in [2.05, 4.69) is 29.6 Å². The molecule has 4 heteroatoms. The lowest BCUT2D eigenvalue weighted by atomic mass is 10.1. The fourth-order valence-corrected chi connectivity index (χ4v) is 2.69. The van der Waals surface area contributed by atoms with Gasteiger partial charge in [0.05, 0.1) is 18.8 Å². The molecule has 2 aromatic carbocycles. The van der Waals surface area contributed by atoms with Gasteiger partial charge < -0.3 is 19.6 Å². The van der Waals surface area contributed by atoms with E-state index >= 15 is 0 Å². The summed E-state index contributed by atoms with van der Waals surface area (Å²) < 4.78 is 10.9. The SMILES string of the molecule is COCC(O)CNC(C)c1cc2c(ccc3ccccc32)o1. The van der Waals surface area contributed by atoms with Crippen LogP contribution in [-0.4, -0.2) is 31.5 Å². The number of aliphatic hydroxyl groups is 1. The van der Waals surface area contributed by atoms with Crippen LogP contribution in [0.1, 0.15) is 18.7 Å². The van der Waals surface area contributed by atoms with Crippen LogP contribution in [0.4, 0.5) is 0 Å². The van der Waals surface area contributed by atoms with Gasteiger partial charge in [-0.15, -0.1) is 0 Å². The van der Waals surface area contributed by atoms with Gasteiger partial charge in [0.15, 0.2) is 0 Å². The second kappa shape index (κ2) is 6.48. The predicted octanol–water partition coefficient (Wildman–Crippen LogP) is 3.24. The Kier molecular flexibility index (Phi) is 4.43. The maximum absolute atomic E-state index is 9.71. The normalized spacial score (nSPS) is 14.5. The van der Waals surface area contributed by atoms with Gasteiger partial charge in [-0.05, 0) is 29.8 Å². The molecule has 0 saturated carbocycles. The van der Waals surface area contributed by atoms with E-state index in [0.717, 1.165) is 16.7 Å². The minimum absolute atomic E-state index is 0.0256.